The molecule has 2 unspecified atom stereocenters. The van der Waals surface area contributed by atoms with Gasteiger partial charge in [0, 0.05) is 31.9 Å². The van der Waals surface area contributed by atoms with Crippen LogP contribution in [0.1, 0.15) is 63.9 Å². The number of nitrogens with one attached hydrogen (secondary N) is 2. The van der Waals surface area contributed by atoms with Crippen LogP contribution in [-0.2, 0) is 23.4 Å². The zero-order valence-corrected chi connectivity index (χ0v) is 21.0. The maximum atomic E-state index is 13.4. The largest absolute Gasteiger partial charge is 0.493 e. The third kappa shape index (κ3) is 5.47. The molecule has 0 aliphatic carbocycles. The zero-order valence-electron chi connectivity index (χ0n) is 29.2. The van der Waals surface area contributed by atoms with Crippen LogP contribution >= 0.6 is 0 Å². The minimum Gasteiger partial charge on any atom is -0.493 e. The lowest BCUT2D eigenvalue weighted by Gasteiger charge is -2.19. The van der Waals surface area contributed by atoms with Gasteiger partial charge in [0.15, 0.2) is 5.52 Å². The molecule has 0 spiro atoms. The minimum absolute atomic E-state index is 0.0219. The molecule has 0 radical (unpaired) electrons. The van der Waals surface area contributed by atoms with Gasteiger partial charge in [0.1, 0.15) is 17.1 Å². The fraction of sp³-hybridized carbons (Fsp3) is 0.560. The summed E-state index contributed by atoms with van der Waals surface area (Å²) in [6.07, 6.45) is -1.11. The smallest absolute Gasteiger partial charge is 0.277 e. The van der Waals surface area contributed by atoms with Crippen LogP contribution < -0.4 is 15.0 Å². The zero-order chi connectivity index (χ0) is 33.5. The second-order valence-corrected chi connectivity index (χ2v) is 10.3. The topological polar surface area (TPSA) is 122 Å². The summed E-state index contributed by atoms with van der Waals surface area (Å²) in [5.41, 5.74) is -2.84. The fourth-order valence-corrected chi connectivity index (χ4v) is 5.17. The third-order valence-electron chi connectivity index (χ3n) is 6.06. The predicted octanol–water partition coefficient (Wildman–Crippen LogP) is 2.83. The van der Waals surface area contributed by atoms with Gasteiger partial charge in [-0.15, -0.1) is 0 Å². The summed E-state index contributed by atoms with van der Waals surface area (Å²) >= 11 is 0. The lowest BCUT2D eigenvalue weighted by atomic mass is 10.1. The molecule has 36 heavy (non-hydrogen) atoms. The molecule has 2 N–H and O–H groups in total. The first-order chi connectivity index (χ1) is 20.7. The van der Waals surface area contributed by atoms with Gasteiger partial charge < -0.3 is 14.6 Å². The number of rotatable bonds is 11. The molecular weight excluding hydrogens is 480 g/mol. The van der Waals surface area contributed by atoms with E-state index in [1.54, 1.807) is 0 Å². The van der Waals surface area contributed by atoms with E-state index >= 15 is 0 Å². The van der Waals surface area contributed by atoms with E-state index in [2.05, 4.69) is 24.7 Å². The van der Waals surface area contributed by atoms with Crippen molar-refractivity contribution in [3.63, 3.8) is 0 Å². The lowest BCUT2D eigenvalue weighted by Crippen LogP contribution is -2.31. The van der Waals surface area contributed by atoms with Crippen LogP contribution in [0.25, 0.3) is 22.4 Å². The van der Waals surface area contributed by atoms with Gasteiger partial charge >= 0.3 is 0 Å². The van der Waals surface area contributed by atoms with E-state index in [0.29, 0.717) is 11.1 Å². The average Bonchev–Trinajstić information content (AvgIpc) is 3.49. The number of aromatic amines is 1. The summed E-state index contributed by atoms with van der Waals surface area (Å²) in [4.78, 5) is 21.9. The Hall–Kier alpha value is -2.76. The van der Waals surface area contributed by atoms with Gasteiger partial charge in [0.25, 0.3) is 5.56 Å². The number of H-pyrrole nitrogens is 1. The van der Waals surface area contributed by atoms with Gasteiger partial charge in [0.2, 0.25) is 10.0 Å². The Kier molecular flexibility index (Phi) is 5.21. The van der Waals surface area contributed by atoms with Gasteiger partial charge in [-0.2, -0.15) is 5.10 Å². The molecule has 1 saturated heterocycles. The van der Waals surface area contributed by atoms with E-state index in [0.717, 1.165) is 19.4 Å². The molecule has 2 aromatic heterocycles. The Morgan fingerprint density at radius 3 is 2.94 bits per heavy atom. The van der Waals surface area contributed by atoms with Gasteiger partial charge in [-0.3, -0.25) is 9.48 Å². The van der Waals surface area contributed by atoms with Crippen LogP contribution in [-0.4, -0.2) is 65.8 Å². The highest BCUT2D eigenvalue weighted by Crippen LogP contribution is 2.31. The SMILES string of the molecule is [2H]C(CC1CCCN1C)NS(=O)(=O)c1ccc(OCCC)c(-c2nc3c(C([2H])([2H])CC([2H])([2H])[2H])nn(C([2H])([2H])[2H])c3c(=O)[nH]2)c1. The fourth-order valence-electron chi connectivity index (χ4n) is 4.19. The van der Waals surface area contributed by atoms with Crippen LogP contribution in [0.15, 0.2) is 27.9 Å². The highest BCUT2D eigenvalue weighted by atomic mass is 32.2. The Balaban J connectivity index is 1.86. The van der Waals surface area contributed by atoms with E-state index in [1.807, 2.05) is 14.0 Å². The molecule has 0 saturated carbocycles. The molecule has 0 bridgehead atoms. The van der Waals surface area contributed by atoms with Gasteiger partial charge in [-0.25, -0.2) is 18.1 Å². The minimum atomic E-state index is -4.25. The number of aryl methyl sites for hydroxylation is 2. The second-order valence-electron chi connectivity index (χ2n) is 8.57. The van der Waals surface area contributed by atoms with Crippen LogP contribution in [0.2, 0.25) is 0 Å². The van der Waals surface area contributed by atoms with E-state index in [1.165, 1.54) is 18.2 Å². The number of sulfonamides is 1. The van der Waals surface area contributed by atoms with Gasteiger partial charge in [-0.05, 0) is 63.8 Å². The number of hydrogen-bond acceptors (Lipinski definition) is 7. The molecule has 11 heteroatoms. The Labute approximate surface area is 224 Å². The summed E-state index contributed by atoms with van der Waals surface area (Å²) in [5.74, 6) is -0.176. The van der Waals surface area contributed by atoms with Crippen molar-refractivity contribution in [2.45, 2.75) is 63.2 Å². The van der Waals surface area contributed by atoms with Crippen LogP contribution in [0.3, 0.4) is 0 Å². The van der Waals surface area contributed by atoms with Crippen molar-refractivity contribution in [1.29, 1.82) is 0 Å². The summed E-state index contributed by atoms with van der Waals surface area (Å²) < 4.78 is 107. The van der Waals surface area contributed by atoms with Crippen molar-refractivity contribution < 1.29 is 25.5 Å². The molecule has 10 nitrogen and oxygen atoms in total. The van der Waals surface area contributed by atoms with Gasteiger partial charge in [-0.1, -0.05) is 20.2 Å². The van der Waals surface area contributed by atoms with E-state index in [9.17, 15) is 13.2 Å². The Morgan fingerprint density at radius 2 is 2.22 bits per heavy atom. The summed E-state index contributed by atoms with van der Waals surface area (Å²) in [6.45, 7) is -4.04. The standard InChI is InChI=1S/C25H36N6O4S/c1-5-8-20-22-23(31(4)29-20)25(32)28-24(27-22)19-16-18(10-11-21(19)35-15-6-2)36(33,34)26-13-12-17-9-7-14-30(17)3/h10-11,16-17,26H,5-9,12-15H2,1-4H3,(H,27,28,32)/i1D3,4D3,8D2,13D. The van der Waals surface area contributed by atoms with Gasteiger partial charge in [0.05, 0.1) is 22.8 Å². The van der Waals surface area contributed by atoms with E-state index in [4.69, 9.17) is 17.1 Å². The van der Waals surface area contributed by atoms with Crippen molar-refractivity contribution in [3.8, 4) is 17.1 Å². The highest BCUT2D eigenvalue weighted by molar-refractivity contribution is 7.89. The molecule has 1 aliphatic heterocycles. The number of fused-ring (bicyclic) bond motifs is 1. The first kappa shape index (κ1) is 16.9. The first-order valence-corrected chi connectivity index (χ1v) is 13.2. The average molecular weight is 526 g/mol. The Morgan fingerprint density at radius 1 is 1.36 bits per heavy atom. The van der Waals surface area contributed by atoms with Crippen molar-refractivity contribution in [2.75, 3.05) is 26.7 Å². The van der Waals surface area contributed by atoms with Crippen LogP contribution in [0.5, 0.6) is 5.75 Å². The monoisotopic (exact) mass is 525 g/mol. The van der Waals surface area contributed by atoms with Crippen molar-refractivity contribution in [2.24, 2.45) is 6.98 Å². The number of benzene rings is 1. The third-order valence-corrected chi connectivity index (χ3v) is 7.42. The van der Waals surface area contributed by atoms with Crippen molar-refractivity contribution in [3.05, 3.63) is 34.2 Å². The van der Waals surface area contributed by atoms with Crippen LogP contribution in [0.4, 0.5) is 0 Å². The second kappa shape index (κ2) is 11.1. The highest BCUT2D eigenvalue weighted by Gasteiger charge is 2.23. The van der Waals surface area contributed by atoms with E-state index < -0.39 is 65.5 Å². The maximum absolute atomic E-state index is 13.4. The maximum Gasteiger partial charge on any atom is 0.277 e. The first-order valence-electron chi connectivity index (χ1n) is 16.3. The molecule has 1 aromatic carbocycles. The molecule has 196 valence electrons. The quantitative estimate of drug-likeness (QED) is 0.395. The number of aromatic nitrogens is 4. The number of hydrogen-bond donors (Lipinski definition) is 2. The van der Waals surface area contributed by atoms with Crippen LogP contribution in [0, 0.1) is 0 Å². The molecule has 3 heterocycles. The summed E-state index contributed by atoms with van der Waals surface area (Å²) in [7, 11) is -2.33. The lowest BCUT2D eigenvalue weighted by molar-refractivity contribution is 0.297. The molecule has 1 fully saturated rings. The Bertz CT molecular complexity index is 1710. The van der Waals surface area contributed by atoms with Crippen molar-refractivity contribution >= 4 is 21.1 Å². The molecule has 2 atom stereocenters. The van der Waals surface area contributed by atoms with Crippen molar-refractivity contribution in [1.82, 2.24) is 29.4 Å². The molecule has 0 amide bonds. The number of likely N-dealkylation sites (tertiary alicyclic amines) is 1. The predicted molar refractivity (Wildman–Crippen MR) is 140 cm³/mol. The van der Waals surface area contributed by atoms with E-state index in [-0.39, 0.29) is 41.1 Å². The summed E-state index contributed by atoms with van der Waals surface area (Å²) in [5, 5.41) is 3.81. The molecular formula is C25H36N6O4S. The molecule has 4 rings (SSSR count). The normalized spacial score (nSPS) is 22.4. The number of ether oxygens (including phenoxy) is 1. The molecule has 1 aliphatic rings. The summed E-state index contributed by atoms with van der Waals surface area (Å²) in [6, 6.07) is 3.87. The molecule has 3 aromatic rings. The number of nitrogens with zero attached hydrogens (tertiary/aromatic N) is 4.